The third kappa shape index (κ3) is 3.79. The number of aryl methyl sites for hydroxylation is 2. The monoisotopic (exact) mass is 300 g/mol. The average molecular weight is 300 g/mol. The Morgan fingerprint density at radius 1 is 1.19 bits per heavy atom. The van der Waals surface area contributed by atoms with Crippen LogP contribution in [0.2, 0.25) is 0 Å². The Morgan fingerprint density at radius 3 is 2.43 bits per heavy atom. The summed E-state index contributed by atoms with van der Waals surface area (Å²) in [7, 11) is 0. The van der Waals surface area contributed by atoms with E-state index in [1.807, 2.05) is 44.2 Å². The van der Waals surface area contributed by atoms with E-state index in [0.29, 0.717) is 11.3 Å². The molecule has 0 atom stereocenters. The maximum absolute atomic E-state index is 7.83. The van der Waals surface area contributed by atoms with Crippen LogP contribution in [0.5, 0.6) is 11.5 Å². The minimum atomic E-state index is 0.0333. The number of nitrogens with one attached hydrogen (secondary N) is 1. The van der Waals surface area contributed by atoms with Crippen LogP contribution in [0.25, 0.3) is 0 Å². The van der Waals surface area contributed by atoms with Crippen molar-refractivity contribution < 1.29 is 4.74 Å². The van der Waals surface area contributed by atoms with Gasteiger partial charge in [0, 0.05) is 4.90 Å². The fourth-order valence-electron chi connectivity index (χ4n) is 2.26. The molecule has 0 saturated carbocycles. The molecule has 3 N–H and O–H groups in total. The number of amidine groups is 1. The normalized spacial score (nSPS) is 10.4. The molecule has 0 amide bonds. The highest BCUT2D eigenvalue weighted by molar-refractivity contribution is 7.99. The second-order valence-corrected chi connectivity index (χ2v) is 6.21. The van der Waals surface area contributed by atoms with Gasteiger partial charge in [-0.3, -0.25) is 5.41 Å². The predicted molar refractivity (Wildman–Crippen MR) is 89.8 cm³/mol. The molecule has 0 unspecified atom stereocenters. The molecular weight excluding hydrogens is 280 g/mol. The molecule has 0 aromatic heterocycles. The first-order valence-electron chi connectivity index (χ1n) is 6.87. The summed E-state index contributed by atoms with van der Waals surface area (Å²) in [5.74, 6) is 2.36. The number of hydrogen-bond acceptors (Lipinski definition) is 3. The van der Waals surface area contributed by atoms with E-state index in [2.05, 4.69) is 13.0 Å². The maximum Gasteiger partial charge on any atom is 0.139 e. The summed E-state index contributed by atoms with van der Waals surface area (Å²) in [4.78, 5) is 0.979. The lowest BCUT2D eigenvalue weighted by Gasteiger charge is -2.14. The smallest absolute Gasteiger partial charge is 0.139 e. The third-order valence-corrected chi connectivity index (χ3v) is 3.92. The Kier molecular flexibility index (Phi) is 4.91. The Labute approximate surface area is 130 Å². The van der Waals surface area contributed by atoms with Crippen LogP contribution in [-0.4, -0.2) is 11.6 Å². The van der Waals surface area contributed by atoms with Crippen molar-refractivity contribution in [3.63, 3.8) is 0 Å². The van der Waals surface area contributed by atoms with Gasteiger partial charge in [0.15, 0.2) is 0 Å². The number of thioether (sulfide) groups is 1. The van der Waals surface area contributed by atoms with Crippen LogP contribution in [-0.2, 0) is 0 Å². The van der Waals surface area contributed by atoms with E-state index >= 15 is 0 Å². The second kappa shape index (κ2) is 6.68. The molecule has 0 aliphatic carbocycles. The first-order chi connectivity index (χ1) is 10.0. The van der Waals surface area contributed by atoms with Gasteiger partial charge in [0.25, 0.3) is 0 Å². The molecule has 0 bridgehead atoms. The summed E-state index contributed by atoms with van der Waals surface area (Å²) in [5, 5.41) is 7.83. The fraction of sp³-hybridized carbons (Fsp3) is 0.235. The van der Waals surface area contributed by atoms with Crippen LogP contribution in [0.1, 0.15) is 23.6 Å². The molecule has 0 heterocycles. The van der Waals surface area contributed by atoms with Gasteiger partial charge in [0.1, 0.15) is 17.3 Å². The molecule has 0 fully saturated rings. The quantitative estimate of drug-likeness (QED) is 0.486. The highest BCUT2D eigenvalue weighted by Gasteiger charge is 2.13. The van der Waals surface area contributed by atoms with Gasteiger partial charge < -0.3 is 10.5 Å². The van der Waals surface area contributed by atoms with E-state index in [4.69, 9.17) is 15.9 Å². The Morgan fingerprint density at radius 2 is 1.86 bits per heavy atom. The van der Waals surface area contributed by atoms with Gasteiger partial charge in [-0.2, -0.15) is 0 Å². The van der Waals surface area contributed by atoms with E-state index in [1.54, 1.807) is 11.8 Å². The minimum absolute atomic E-state index is 0.0333. The Hall–Kier alpha value is -1.94. The SMILES string of the molecule is CCSc1cccc(Oc2cc(C)cc(C)c2)c1C(=N)N. The molecule has 4 heteroatoms. The van der Waals surface area contributed by atoms with Crippen LogP contribution in [0.3, 0.4) is 0 Å². The average Bonchev–Trinajstić information content (AvgIpc) is 2.37. The molecule has 2 rings (SSSR count). The molecule has 2 aromatic rings. The van der Waals surface area contributed by atoms with Crippen molar-refractivity contribution in [1.29, 1.82) is 5.41 Å². The van der Waals surface area contributed by atoms with Gasteiger partial charge in [0.2, 0.25) is 0 Å². The highest BCUT2D eigenvalue weighted by Crippen LogP contribution is 2.33. The molecule has 110 valence electrons. The molecule has 0 saturated heterocycles. The predicted octanol–water partition coefficient (Wildman–Crippen LogP) is 4.49. The van der Waals surface area contributed by atoms with Crippen LogP contribution in [0.4, 0.5) is 0 Å². The summed E-state index contributed by atoms with van der Waals surface area (Å²) in [5.41, 5.74) is 8.71. The first-order valence-corrected chi connectivity index (χ1v) is 7.86. The first kappa shape index (κ1) is 15.4. The number of ether oxygens (including phenoxy) is 1. The zero-order valence-corrected chi connectivity index (χ0v) is 13.4. The van der Waals surface area contributed by atoms with Gasteiger partial charge in [-0.1, -0.05) is 19.1 Å². The summed E-state index contributed by atoms with van der Waals surface area (Å²) in [6, 6.07) is 11.8. The second-order valence-electron chi connectivity index (χ2n) is 4.90. The Balaban J connectivity index is 2.43. The topological polar surface area (TPSA) is 59.1 Å². The van der Waals surface area contributed by atoms with E-state index in [-0.39, 0.29) is 5.84 Å². The van der Waals surface area contributed by atoms with E-state index in [9.17, 15) is 0 Å². The molecule has 21 heavy (non-hydrogen) atoms. The van der Waals surface area contributed by atoms with Crippen molar-refractivity contribution in [2.24, 2.45) is 5.73 Å². The maximum atomic E-state index is 7.83. The number of benzene rings is 2. The molecule has 2 aromatic carbocycles. The number of rotatable bonds is 5. The van der Waals surface area contributed by atoms with Gasteiger partial charge in [-0.05, 0) is 55.0 Å². The number of hydrogen-bond donors (Lipinski definition) is 2. The summed E-state index contributed by atoms with van der Waals surface area (Å²) in [6.45, 7) is 6.15. The minimum Gasteiger partial charge on any atom is -0.457 e. The Bertz CT molecular complexity index is 648. The summed E-state index contributed by atoms with van der Waals surface area (Å²) in [6.07, 6.45) is 0. The fourth-order valence-corrected chi connectivity index (χ4v) is 3.10. The van der Waals surface area contributed by atoms with Crippen molar-refractivity contribution in [1.82, 2.24) is 0 Å². The molecule has 0 aliphatic rings. The van der Waals surface area contributed by atoms with Crippen LogP contribution >= 0.6 is 11.8 Å². The summed E-state index contributed by atoms with van der Waals surface area (Å²) < 4.78 is 5.99. The third-order valence-electron chi connectivity index (χ3n) is 2.98. The largest absolute Gasteiger partial charge is 0.457 e. The van der Waals surface area contributed by atoms with Gasteiger partial charge >= 0.3 is 0 Å². The highest BCUT2D eigenvalue weighted by atomic mass is 32.2. The van der Waals surface area contributed by atoms with Gasteiger partial charge in [-0.25, -0.2) is 0 Å². The molecular formula is C17H20N2OS. The van der Waals surface area contributed by atoms with Crippen molar-refractivity contribution in [3.8, 4) is 11.5 Å². The molecule has 0 aliphatic heterocycles. The van der Waals surface area contributed by atoms with E-state index in [1.165, 1.54) is 0 Å². The van der Waals surface area contributed by atoms with Crippen LogP contribution < -0.4 is 10.5 Å². The van der Waals surface area contributed by atoms with Crippen LogP contribution in [0.15, 0.2) is 41.3 Å². The summed E-state index contributed by atoms with van der Waals surface area (Å²) >= 11 is 1.66. The lowest BCUT2D eigenvalue weighted by atomic mass is 10.1. The standard InChI is InChI=1S/C17H20N2OS/c1-4-21-15-7-5-6-14(16(15)17(18)19)20-13-9-11(2)8-12(3)10-13/h5-10H,4H2,1-3H3,(H3,18,19). The van der Waals surface area contributed by atoms with Crippen molar-refractivity contribution in [2.75, 3.05) is 5.75 Å². The van der Waals surface area contributed by atoms with Crippen molar-refractivity contribution in [2.45, 2.75) is 25.7 Å². The van der Waals surface area contributed by atoms with Crippen molar-refractivity contribution >= 4 is 17.6 Å². The van der Waals surface area contributed by atoms with Crippen molar-refractivity contribution in [3.05, 3.63) is 53.1 Å². The lowest BCUT2D eigenvalue weighted by molar-refractivity contribution is 0.479. The van der Waals surface area contributed by atoms with E-state index < -0.39 is 0 Å². The zero-order chi connectivity index (χ0) is 15.4. The zero-order valence-electron chi connectivity index (χ0n) is 12.6. The molecule has 0 radical (unpaired) electrons. The number of nitrogens with two attached hydrogens (primary N) is 1. The molecule has 0 spiro atoms. The molecule has 3 nitrogen and oxygen atoms in total. The van der Waals surface area contributed by atoms with Gasteiger partial charge in [0.05, 0.1) is 5.56 Å². The lowest BCUT2D eigenvalue weighted by Crippen LogP contribution is -2.13. The number of nitrogen functional groups attached to an aromatic ring is 1. The van der Waals surface area contributed by atoms with Crippen LogP contribution in [0, 0.1) is 19.3 Å². The van der Waals surface area contributed by atoms with E-state index in [0.717, 1.165) is 27.5 Å². The van der Waals surface area contributed by atoms with Gasteiger partial charge in [-0.15, -0.1) is 11.8 Å².